The van der Waals surface area contributed by atoms with Gasteiger partial charge in [-0.2, -0.15) is 4.98 Å². The summed E-state index contributed by atoms with van der Waals surface area (Å²) in [5.74, 6) is -0.166. The van der Waals surface area contributed by atoms with Crippen LogP contribution in [0.5, 0.6) is 5.88 Å². The standard InChI is InChI=1S/C7H8F3N3OS/c1-2-15-5-3-4(12-6(11)13-5)14-7(8,9)10/h3H,2H2,1H3,(H2,11,12,13). The van der Waals surface area contributed by atoms with E-state index in [1.165, 1.54) is 11.8 Å². The first-order chi connectivity index (χ1) is 6.90. The zero-order valence-electron chi connectivity index (χ0n) is 7.71. The zero-order valence-corrected chi connectivity index (χ0v) is 8.52. The first-order valence-electron chi connectivity index (χ1n) is 3.94. The summed E-state index contributed by atoms with van der Waals surface area (Å²) in [6.07, 6.45) is -4.77. The highest BCUT2D eigenvalue weighted by Gasteiger charge is 2.32. The van der Waals surface area contributed by atoms with Crippen molar-refractivity contribution in [1.82, 2.24) is 9.97 Å². The Balaban J connectivity index is 2.88. The van der Waals surface area contributed by atoms with Crippen LogP contribution in [0.2, 0.25) is 0 Å². The van der Waals surface area contributed by atoms with Gasteiger partial charge in [0.2, 0.25) is 11.8 Å². The third-order valence-electron chi connectivity index (χ3n) is 1.21. The van der Waals surface area contributed by atoms with Crippen LogP contribution in [0, 0.1) is 0 Å². The van der Waals surface area contributed by atoms with E-state index in [1.807, 2.05) is 6.92 Å². The van der Waals surface area contributed by atoms with E-state index < -0.39 is 12.2 Å². The molecule has 0 bridgehead atoms. The van der Waals surface area contributed by atoms with E-state index in [9.17, 15) is 13.2 Å². The lowest BCUT2D eigenvalue weighted by molar-refractivity contribution is -0.276. The molecule has 0 amide bonds. The Morgan fingerprint density at radius 2 is 2.13 bits per heavy atom. The van der Waals surface area contributed by atoms with Crippen molar-refractivity contribution in [3.05, 3.63) is 6.07 Å². The van der Waals surface area contributed by atoms with Gasteiger partial charge >= 0.3 is 6.36 Å². The molecule has 1 aromatic heterocycles. The van der Waals surface area contributed by atoms with Gasteiger partial charge in [-0.1, -0.05) is 6.92 Å². The SMILES string of the molecule is CCSc1cc(OC(F)(F)F)nc(N)n1. The normalized spacial score (nSPS) is 11.5. The van der Waals surface area contributed by atoms with Crippen molar-refractivity contribution in [1.29, 1.82) is 0 Å². The van der Waals surface area contributed by atoms with Crippen molar-refractivity contribution in [3.63, 3.8) is 0 Å². The van der Waals surface area contributed by atoms with Gasteiger partial charge in [-0.3, -0.25) is 0 Å². The second kappa shape index (κ2) is 4.56. The third-order valence-corrected chi connectivity index (χ3v) is 2.00. The monoisotopic (exact) mass is 239 g/mol. The molecule has 1 rings (SSSR count). The van der Waals surface area contributed by atoms with E-state index in [4.69, 9.17) is 5.73 Å². The second-order valence-corrected chi connectivity index (χ2v) is 3.67. The van der Waals surface area contributed by atoms with Crippen LogP contribution < -0.4 is 10.5 Å². The summed E-state index contributed by atoms with van der Waals surface area (Å²) < 4.78 is 39.2. The van der Waals surface area contributed by atoms with Gasteiger partial charge in [0, 0.05) is 6.07 Å². The van der Waals surface area contributed by atoms with Crippen molar-refractivity contribution in [2.75, 3.05) is 11.5 Å². The lowest BCUT2D eigenvalue weighted by Crippen LogP contribution is -2.18. The van der Waals surface area contributed by atoms with E-state index in [0.29, 0.717) is 10.8 Å². The molecule has 0 saturated heterocycles. The van der Waals surface area contributed by atoms with Crippen LogP contribution in [-0.4, -0.2) is 22.1 Å². The molecule has 0 unspecified atom stereocenters. The number of rotatable bonds is 3. The highest BCUT2D eigenvalue weighted by molar-refractivity contribution is 7.99. The van der Waals surface area contributed by atoms with Crippen molar-refractivity contribution >= 4 is 17.7 Å². The van der Waals surface area contributed by atoms with Gasteiger partial charge in [0.05, 0.1) is 0 Å². The second-order valence-electron chi connectivity index (χ2n) is 2.38. The van der Waals surface area contributed by atoms with E-state index >= 15 is 0 Å². The summed E-state index contributed by atoms with van der Waals surface area (Å²) in [5, 5.41) is 0.351. The molecule has 1 aromatic rings. The highest BCUT2D eigenvalue weighted by Crippen LogP contribution is 2.25. The summed E-state index contributed by atoms with van der Waals surface area (Å²) in [6.45, 7) is 1.84. The number of alkyl halides is 3. The average Bonchev–Trinajstić information content (AvgIpc) is 1.99. The Hall–Kier alpha value is -1.18. The minimum Gasteiger partial charge on any atom is -0.388 e. The largest absolute Gasteiger partial charge is 0.574 e. The Morgan fingerprint density at radius 1 is 1.47 bits per heavy atom. The molecule has 15 heavy (non-hydrogen) atoms. The molecule has 84 valence electrons. The summed E-state index contributed by atoms with van der Waals surface area (Å²) in [6, 6.07) is 1.10. The number of nitrogens with zero attached hydrogens (tertiary/aromatic N) is 2. The summed E-state index contributed by atoms with van der Waals surface area (Å²) >= 11 is 1.25. The van der Waals surface area contributed by atoms with Crippen LogP contribution in [0.25, 0.3) is 0 Å². The van der Waals surface area contributed by atoms with Crippen molar-refractivity contribution in [2.24, 2.45) is 0 Å². The molecule has 0 aromatic carbocycles. The summed E-state index contributed by atoms with van der Waals surface area (Å²) in [5.41, 5.74) is 5.23. The Bertz CT molecular complexity index is 345. The number of hydrogen-bond acceptors (Lipinski definition) is 5. The Morgan fingerprint density at radius 3 is 2.67 bits per heavy atom. The van der Waals surface area contributed by atoms with Gasteiger partial charge in [-0.05, 0) is 5.75 Å². The third kappa shape index (κ3) is 4.24. The number of nitrogens with two attached hydrogens (primary N) is 1. The van der Waals surface area contributed by atoms with Crippen LogP contribution in [0.4, 0.5) is 19.1 Å². The zero-order chi connectivity index (χ0) is 11.5. The molecule has 0 atom stereocenters. The quantitative estimate of drug-likeness (QED) is 0.646. The molecule has 0 saturated carbocycles. The molecule has 8 heteroatoms. The maximum Gasteiger partial charge on any atom is 0.574 e. The molecule has 0 aliphatic carbocycles. The molecule has 0 fully saturated rings. The number of thioether (sulfide) groups is 1. The number of nitrogen functional groups attached to an aromatic ring is 1. The Labute approximate surface area is 88.0 Å². The van der Waals surface area contributed by atoms with Crippen LogP contribution in [-0.2, 0) is 0 Å². The van der Waals surface area contributed by atoms with Gasteiger partial charge in [0.1, 0.15) is 5.03 Å². The lowest BCUT2D eigenvalue weighted by atomic mass is 10.6. The lowest BCUT2D eigenvalue weighted by Gasteiger charge is -2.08. The summed E-state index contributed by atoms with van der Waals surface area (Å²) in [7, 11) is 0. The predicted molar refractivity (Wildman–Crippen MR) is 49.5 cm³/mol. The molecular weight excluding hydrogens is 231 g/mol. The fourth-order valence-electron chi connectivity index (χ4n) is 0.814. The highest BCUT2D eigenvalue weighted by atomic mass is 32.2. The van der Waals surface area contributed by atoms with Crippen molar-refractivity contribution < 1.29 is 17.9 Å². The van der Waals surface area contributed by atoms with Gasteiger partial charge < -0.3 is 10.5 Å². The first kappa shape index (κ1) is 11.9. The van der Waals surface area contributed by atoms with E-state index in [2.05, 4.69) is 14.7 Å². The predicted octanol–water partition coefficient (Wildman–Crippen LogP) is 2.07. The topological polar surface area (TPSA) is 61.0 Å². The van der Waals surface area contributed by atoms with Crippen LogP contribution in [0.3, 0.4) is 0 Å². The van der Waals surface area contributed by atoms with Gasteiger partial charge in [-0.15, -0.1) is 24.9 Å². The van der Waals surface area contributed by atoms with Crippen LogP contribution in [0.1, 0.15) is 6.92 Å². The number of ether oxygens (including phenoxy) is 1. The molecule has 0 spiro atoms. The minimum absolute atomic E-state index is 0.243. The maximum absolute atomic E-state index is 11.9. The van der Waals surface area contributed by atoms with E-state index in [-0.39, 0.29) is 5.95 Å². The maximum atomic E-state index is 11.9. The molecule has 4 nitrogen and oxygen atoms in total. The molecule has 1 heterocycles. The number of anilines is 1. The number of hydrogen-bond donors (Lipinski definition) is 1. The minimum atomic E-state index is -4.77. The molecule has 0 aliphatic heterocycles. The van der Waals surface area contributed by atoms with E-state index in [1.54, 1.807) is 0 Å². The van der Waals surface area contributed by atoms with E-state index in [0.717, 1.165) is 6.07 Å². The van der Waals surface area contributed by atoms with Gasteiger partial charge in [0.25, 0.3) is 0 Å². The molecule has 2 N–H and O–H groups in total. The van der Waals surface area contributed by atoms with Crippen LogP contribution >= 0.6 is 11.8 Å². The van der Waals surface area contributed by atoms with Gasteiger partial charge in [-0.25, -0.2) is 4.98 Å². The average molecular weight is 239 g/mol. The molecule has 0 aliphatic rings. The van der Waals surface area contributed by atoms with Crippen LogP contribution in [0.15, 0.2) is 11.1 Å². The molecular formula is C7H8F3N3OS. The molecule has 0 radical (unpaired) electrons. The number of aromatic nitrogens is 2. The summed E-state index contributed by atoms with van der Waals surface area (Å²) in [4.78, 5) is 7.05. The van der Waals surface area contributed by atoms with Gasteiger partial charge in [0.15, 0.2) is 0 Å². The van der Waals surface area contributed by atoms with Crippen molar-refractivity contribution in [2.45, 2.75) is 18.3 Å². The fourth-order valence-corrected chi connectivity index (χ4v) is 1.45. The van der Waals surface area contributed by atoms with Crippen molar-refractivity contribution in [3.8, 4) is 5.88 Å². The fraction of sp³-hybridized carbons (Fsp3) is 0.429. The number of halogens is 3. The first-order valence-corrected chi connectivity index (χ1v) is 4.92. The Kier molecular flexibility index (Phi) is 3.61. The smallest absolute Gasteiger partial charge is 0.388 e.